The fourth-order valence-electron chi connectivity index (χ4n) is 5.58. The van der Waals surface area contributed by atoms with Crippen LogP contribution in [0, 0.1) is 23.6 Å². The molecule has 188 valence electrons. The number of benzene rings is 1. The van der Waals surface area contributed by atoms with Crippen LogP contribution in [0.5, 0.6) is 5.75 Å². The lowest BCUT2D eigenvalue weighted by Gasteiger charge is -2.32. The topological polar surface area (TPSA) is 58.6 Å². The molecule has 35 heavy (non-hydrogen) atoms. The van der Waals surface area contributed by atoms with Gasteiger partial charge in [0, 0.05) is 38.6 Å². The van der Waals surface area contributed by atoms with Gasteiger partial charge >= 0.3 is 0 Å². The number of carbonyl (C=O) groups is 1. The molecule has 7 heteroatoms. The molecule has 1 aromatic carbocycles. The lowest BCUT2D eigenvalue weighted by molar-refractivity contribution is -0.133. The number of anilines is 1. The zero-order valence-corrected chi connectivity index (χ0v) is 20.8. The summed E-state index contributed by atoms with van der Waals surface area (Å²) < 4.78 is 20.2. The van der Waals surface area contributed by atoms with Gasteiger partial charge < -0.3 is 14.5 Å². The Kier molecular flexibility index (Phi) is 7.49. The van der Waals surface area contributed by atoms with Crippen LogP contribution in [-0.2, 0) is 17.6 Å². The van der Waals surface area contributed by atoms with E-state index >= 15 is 0 Å². The summed E-state index contributed by atoms with van der Waals surface area (Å²) in [4.78, 5) is 25.4. The number of aromatic nitrogens is 2. The Morgan fingerprint density at radius 3 is 2.54 bits per heavy atom. The summed E-state index contributed by atoms with van der Waals surface area (Å²) in [6.07, 6.45) is 12.0. The van der Waals surface area contributed by atoms with Crippen molar-refractivity contribution in [1.82, 2.24) is 14.9 Å². The Morgan fingerprint density at radius 2 is 1.89 bits per heavy atom. The normalized spacial score (nSPS) is 22.1. The SMILES string of the molecule is CCCc1cnc(N2CCC([C@H]3C[C@H]3CCOc3ccc(CC(=O)N4CCC4)cc3F)CC2)nc1. The Balaban J connectivity index is 1.01. The molecule has 0 radical (unpaired) electrons. The van der Waals surface area contributed by atoms with Crippen LogP contribution in [0.4, 0.5) is 10.3 Å². The smallest absolute Gasteiger partial charge is 0.226 e. The molecule has 3 fully saturated rings. The molecule has 2 aliphatic heterocycles. The quantitative estimate of drug-likeness (QED) is 0.495. The largest absolute Gasteiger partial charge is 0.491 e. The van der Waals surface area contributed by atoms with Gasteiger partial charge in [0.1, 0.15) is 0 Å². The monoisotopic (exact) mass is 480 g/mol. The highest BCUT2D eigenvalue weighted by molar-refractivity contribution is 5.79. The van der Waals surface area contributed by atoms with Crippen molar-refractivity contribution >= 4 is 11.9 Å². The van der Waals surface area contributed by atoms with Gasteiger partial charge in [0.2, 0.25) is 11.9 Å². The number of hydrogen-bond donors (Lipinski definition) is 0. The lowest BCUT2D eigenvalue weighted by Crippen LogP contribution is -2.42. The van der Waals surface area contributed by atoms with E-state index in [2.05, 4.69) is 21.8 Å². The molecule has 1 aromatic heterocycles. The fourth-order valence-corrected chi connectivity index (χ4v) is 5.58. The number of carbonyl (C=O) groups excluding carboxylic acids is 1. The molecule has 1 aliphatic carbocycles. The van der Waals surface area contributed by atoms with Gasteiger partial charge in [-0.05, 0) is 79.5 Å². The predicted octanol–water partition coefficient (Wildman–Crippen LogP) is 4.66. The summed E-state index contributed by atoms with van der Waals surface area (Å²) >= 11 is 0. The average Bonchev–Trinajstić information content (AvgIpc) is 3.60. The minimum absolute atomic E-state index is 0.0762. The Hall–Kier alpha value is -2.70. The van der Waals surface area contributed by atoms with Crippen molar-refractivity contribution in [2.24, 2.45) is 17.8 Å². The van der Waals surface area contributed by atoms with Crippen molar-refractivity contribution in [3.8, 4) is 5.75 Å². The van der Waals surface area contributed by atoms with Crippen molar-refractivity contribution < 1.29 is 13.9 Å². The van der Waals surface area contributed by atoms with Crippen LogP contribution in [0.25, 0.3) is 0 Å². The maximum atomic E-state index is 14.5. The third kappa shape index (κ3) is 5.93. The molecule has 0 unspecified atom stereocenters. The number of piperidine rings is 1. The minimum Gasteiger partial charge on any atom is -0.491 e. The van der Waals surface area contributed by atoms with Crippen LogP contribution < -0.4 is 9.64 Å². The van der Waals surface area contributed by atoms with Crippen LogP contribution in [-0.4, -0.2) is 53.6 Å². The maximum Gasteiger partial charge on any atom is 0.226 e. The van der Waals surface area contributed by atoms with Crippen molar-refractivity contribution in [2.75, 3.05) is 37.7 Å². The second kappa shape index (κ2) is 10.9. The predicted molar refractivity (Wildman–Crippen MR) is 134 cm³/mol. The molecule has 0 N–H and O–H groups in total. The van der Waals surface area contributed by atoms with E-state index in [0.29, 0.717) is 23.8 Å². The van der Waals surface area contributed by atoms with Crippen molar-refractivity contribution in [1.29, 1.82) is 0 Å². The summed E-state index contributed by atoms with van der Waals surface area (Å²) in [5.41, 5.74) is 1.92. The Morgan fingerprint density at radius 1 is 1.11 bits per heavy atom. The number of halogens is 1. The molecule has 2 atom stereocenters. The number of hydrogen-bond acceptors (Lipinski definition) is 5. The van der Waals surface area contributed by atoms with Gasteiger partial charge in [0.25, 0.3) is 0 Å². The van der Waals surface area contributed by atoms with Gasteiger partial charge in [-0.15, -0.1) is 0 Å². The number of rotatable bonds is 10. The van der Waals surface area contributed by atoms with Crippen LogP contribution in [0.2, 0.25) is 0 Å². The third-order valence-electron chi connectivity index (χ3n) is 7.94. The second-order valence-corrected chi connectivity index (χ2v) is 10.4. The summed E-state index contributed by atoms with van der Waals surface area (Å²) in [7, 11) is 0. The zero-order chi connectivity index (χ0) is 24.2. The number of aryl methyl sites for hydroxylation is 1. The van der Waals surface area contributed by atoms with Crippen LogP contribution >= 0.6 is 0 Å². The van der Waals surface area contributed by atoms with E-state index in [-0.39, 0.29) is 18.1 Å². The summed E-state index contributed by atoms with van der Waals surface area (Å²) in [5.74, 6) is 3.08. The average molecular weight is 481 g/mol. The molecule has 0 spiro atoms. The van der Waals surface area contributed by atoms with Crippen molar-refractivity contribution in [3.63, 3.8) is 0 Å². The van der Waals surface area contributed by atoms with E-state index in [1.165, 1.54) is 30.9 Å². The Labute approximate surface area is 207 Å². The molecule has 5 rings (SSSR count). The highest BCUT2D eigenvalue weighted by atomic mass is 19.1. The highest BCUT2D eigenvalue weighted by Crippen LogP contribution is 2.49. The van der Waals surface area contributed by atoms with E-state index in [1.54, 1.807) is 6.07 Å². The number of amides is 1. The van der Waals surface area contributed by atoms with Gasteiger partial charge in [0.15, 0.2) is 11.6 Å². The van der Waals surface area contributed by atoms with Gasteiger partial charge in [-0.25, -0.2) is 14.4 Å². The first-order valence-corrected chi connectivity index (χ1v) is 13.4. The van der Waals surface area contributed by atoms with E-state index in [9.17, 15) is 9.18 Å². The maximum absolute atomic E-state index is 14.5. The van der Waals surface area contributed by atoms with E-state index in [4.69, 9.17) is 4.74 Å². The first kappa shape index (κ1) is 24.0. The second-order valence-electron chi connectivity index (χ2n) is 10.4. The molecule has 6 nitrogen and oxygen atoms in total. The minimum atomic E-state index is -0.372. The van der Waals surface area contributed by atoms with Crippen LogP contribution in [0.1, 0.15) is 56.6 Å². The molecule has 3 heterocycles. The zero-order valence-electron chi connectivity index (χ0n) is 20.8. The Bertz CT molecular complexity index is 1000. The summed E-state index contributed by atoms with van der Waals surface area (Å²) in [6.45, 7) is 6.41. The summed E-state index contributed by atoms with van der Waals surface area (Å²) in [6, 6.07) is 4.93. The molecular formula is C28H37FN4O2. The van der Waals surface area contributed by atoms with Gasteiger partial charge in [-0.2, -0.15) is 0 Å². The van der Waals surface area contributed by atoms with E-state index < -0.39 is 0 Å². The molecule has 2 aromatic rings. The van der Waals surface area contributed by atoms with Crippen molar-refractivity contribution in [3.05, 3.63) is 47.5 Å². The molecule has 1 amide bonds. The molecule has 0 bridgehead atoms. The molecule has 3 aliphatic rings. The van der Waals surface area contributed by atoms with Crippen molar-refractivity contribution in [2.45, 2.75) is 58.3 Å². The lowest BCUT2D eigenvalue weighted by atomic mass is 9.90. The number of likely N-dealkylation sites (tertiary alicyclic amines) is 1. The number of nitrogens with zero attached hydrogens (tertiary/aromatic N) is 4. The van der Waals surface area contributed by atoms with E-state index in [0.717, 1.165) is 69.6 Å². The highest BCUT2D eigenvalue weighted by Gasteiger charge is 2.43. The standard InChI is InChI=1S/C28H37FN4O2/c1-2-4-21-18-30-28(31-19-21)33-12-7-22(8-13-33)24-17-23(24)9-14-35-26-6-5-20(15-25(26)29)16-27(34)32-10-3-11-32/h5-6,15,18-19,22-24H,2-4,7-14,16-17H2,1H3/t23-,24-/m1/s1. The third-order valence-corrected chi connectivity index (χ3v) is 7.94. The van der Waals surface area contributed by atoms with Gasteiger partial charge in [0.05, 0.1) is 13.0 Å². The first-order valence-electron chi connectivity index (χ1n) is 13.4. The fraction of sp³-hybridized carbons (Fsp3) is 0.607. The number of ether oxygens (including phenoxy) is 1. The van der Waals surface area contributed by atoms with Gasteiger partial charge in [-0.1, -0.05) is 19.4 Å². The molecule has 2 saturated heterocycles. The molecule has 1 saturated carbocycles. The first-order chi connectivity index (χ1) is 17.1. The molecular weight excluding hydrogens is 443 g/mol. The van der Waals surface area contributed by atoms with Gasteiger partial charge in [-0.3, -0.25) is 4.79 Å². The van der Waals surface area contributed by atoms with E-state index in [1.807, 2.05) is 23.4 Å². The summed E-state index contributed by atoms with van der Waals surface area (Å²) in [5, 5.41) is 0. The van der Waals surface area contributed by atoms with Crippen LogP contribution in [0.3, 0.4) is 0 Å². The van der Waals surface area contributed by atoms with Crippen LogP contribution in [0.15, 0.2) is 30.6 Å².